The first-order valence-electron chi connectivity index (χ1n) is 4.57. The summed E-state index contributed by atoms with van der Waals surface area (Å²) in [7, 11) is 3.77. The third kappa shape index (κ3) is 3.71. The highest BCUT2D eigenvalue weighted by atomic mass is 32.1. The second-order valence-corrected chi connectivity index (χ2v) is 4.11. The first-order chi connectivity index (χ1) is 6.76. The SMILES string of the molecule is COCCN(C)Cc1csc(CN)n1. The third-order valence-corrected chi connectivity index (χ3v) is 2.80. The van der Waals surface area contributed by atoms with E-state index < -0.39 is 0 Å². The Balaban J connectivity index is 2.35. The Kier molecular flexibility index (Phi) is 5.03. The number of methoxy groups -OCH3 is 1. The number of ether oxygens (including phenoxy) is 1. The second kappa shape index (κ2) is 6.08. The van der Waals surface area contributed by atoms with Gasteiger partial charge in [0, 0.05) is 32.1 Å². The van der Waals surface area contributed by atoms with Crippen LogP contribution in [-0.4, -0.2) is 37.2 Å². The van der Waals surface area contributed by atoms with Gasteiger partial charge in [-0.2, -0.15) is 0 Å². The molecule has 80 valence electrons. The predicted molar refractivity (Wildman–Crippen MR) is 58.2 cm³/mol. The van der Waals surface area contributed by atoms with Crippen LogP contribution in [0, 0.1) is 0 Å². The molecule has 14 heavy (non-hydrogen) atoms. The van der Waals surface area contributed by atoms with Crippen molar-refractivity contribution in [2.24, 2.45) is 5.73 Å². The number of thiazole rings is 1. The van der Waals surface area contributed by atoms with Gasteiger partial charge in [0.2, 0.25) is 0 Å². The van der Waals surface area contributed by atoms with Crippen molar-refractivity contribution in [1.82, 2.24) is 9.88 Å². The zero-order valence-corrected chi connectivity index (χ0v) is 9.51. The van der Waals surface area contributed by atoms with Crippen molar-refractivity contribution in [3.8, 4) is 0 Å². The molecular formula is C9H17N3OS. The highest BCUT2D eigenvalue weighted by Gasteiger charge is 2.03. The number of hydrogen-bond acceptors (Lipinski definition) is 5. The van der Waals surface area contributed by atoms with Crippen molar-refractivity contribution in [1.29, 1.82) is 0 Å². The van der Waals surface area contributed by atoms with Crippen molar-refractivity contribution in [2.75, 3.05) is 27.3 Å². The summed E-state index contributed by atoms with van der Waals surface area (Å²) >= 11 is 1.62. The van der Waals surface area contributed by atoms with Crippen LogP contribution < -0.4 is 5.73 Å². The van der Waals surface area contributed by atoms with Crippen LogP contribution >= 0.6 is 11.3 Å². The van der Waals surface area contributed by atoms with E-state index in [-0.39, 0.29) is 0 Å². The van der Waals surface area contributed by atoms with Gasteiger partial charge in [0.1, 0.15) is 5.01 Å². The van der Waals surface area contributed by atoms with Gasteiger partial charge in [-0.25, -0.2) is 4.98 Å². The summed E-state index contributed by atoms with van der Waals surface area (Å²) in [6.45, 7) is 3.07. The summed E-state index contributed by atoms with van der Waals surface area (Å²) in [6, 6.07) is 0. The predicted octanol–water partition coefficient (Wildman–Crippen LogP) is 0.680. The molecule has 5 heteroatoms. The zero-order chi connectivity index (χ0) is 10.4. The van der Waals surface area contributed by atoms with Crippen molar-refractivity contribution >= 4 is 11.3 Å². The molecule has 0 aliphatic heterocycles. The van der Waals surface area contributed by atoms with E-state index in [1.807, 2.05) is 0 Å². The van der Waals surface area contributed by atoms with Crippen LogP contribution in [0.2, 0.25) is 0 Å². The summed E-state index contributed by atoms with van der Waals surface area (Å²) in [6.07, 6.45) is 0. The van der Waals surface area contributed by atoms with Crippen LogP contribution in [0.5, 0.6) is 0 Å². The Morgan fingerprint density at radius 2 is 2.43 bits per heavy atom. The molecule has 0 bridgehead atoms. The molecule has 1 aromatic rings. The molecule has 4 nitrogen and oxygen atoms in total. The van der Waals surface area contributed by atoms with E-state index in [1.54, 1.807) is 18.4 Å². The summed E-state index contributed by atoms with van der Waals surface area (Å²) in [5.74, 6) is 0. The monoisotopic (exact) mass is 215 g/mol. The molecule has 0 aromatic carbocycles. The van der Waals surface area contributed by atoms with Gasteiger partial charge in [0.25, 0.3) is 0 Å². The van der Waals surface area contributed by atoms with E-state index in [4.69, 9.17) is 10.5 Å². The van der Waals surface area contributed by atoms with E-state index in [9.17, 15) is 0 Å². The smallest absolute Gasteiger partial charge is 0.106 e. The molecule has 0 radical (unpaired) electrons. The lowest BCUT2D eigenvalue weighted by molar-refractivity contribution is 0.158. The normalized spacial score (nSPS) is 11.1. The minimum atomic E-state index is 0.534. The van der Waals surface area contributed by atoms with Crippen molar-refractivity contribution in [2.45, 2.75) is 13.1 Å². The molecule has 0 aliphatic carbocycles. The van der Waals surface area contributed by atoms with Crippen molar-refractivity contribution < 1.29 is 4.74 Å². The van der Waals surface area contributed by atoms with E-state index in [2.05, 4.69) is 22.3 Å². The lowest BCUT2D eigenvalue weighted by Crippen LogP contribution is -2.22. The summed E-state index contributed by atoms with van der Waals surface area (Å²) < 4.78 is 5.00. The molecule has 0 amide bonds. The molecule has 0 atom stereocenters. The maximum atomic E-state index is 5.49. The maximum Gasteiger partial charge on any atom is 0.106 e. The average molecular weight is 215 g/mol. The van der Waals surface area contributed by atoms with Crippen LogP contribution in [0.25, 0.3) is 0 Å². The topological polar surface area (TPSA) is 51.4 Å². The number of rotatable bonds is 6. The van der Waals surface area contributed by atoms with Crippen LogP contribution in [0.15, 0.2) is 5.38 Å². The Labute approximate surface area is 88.7 Å². The molecule has 1 rings (SSSR count). The number of nitrogens with zero attached hydrogens (tertiary/aromatic N) is 2. The minimum absolute atomic E-state index is 0.534. The molecule has 2 N–H and O–H groups in total. The quantitative estimate of drug-likeness (QED) is 0.758. The second-order valence-electron chi connectivity index (χ2n) is 3.17. The number of nitrogens with two attached hydrogens (primary N) is 1. The molecule has 0 saturated carbocycles. The number of aromatic nitrogens is 1. The van der Waals surface area contributed by atoms with Crippen molar-refractivity contribution in [3.63, 3.8) is 0 Å². The van der Waals surface area contributed by atoms with E-state index in [1.165, 1.54) is 0 Å². The van der Waals surface area contributed by atoms with Gasteiger partial charge in [-0.1, -0.05) is 0 Å². The first kappa shape index (κ1) is 11.6. The summed E-state index contributed by atoms with van der Waals surface area (Å²) in [5.41, 5.74) is 6.58. The van der Waals surface area contributed by atoms with Gasteiger partial charge in [-0.05, 0) is 7.05 Å². The number of likely N-dealkylation sites (N-methyl/N-ethyl adjacent to an activating group) is 1. The molecule has 0 fully saturated rings. The Hall–Kier alpha value is -0.490. The lowest BCUT2D eigenvalue weighted by Gasteiger charge is -2.13. The lowest BCUT2D eigenvalue weighted by atomic mass is 10.4. The van der Waals surface area contributed by atoms with Gasteiger partial charge in [0.05, 0.1) is 12.3 Å². The Bertz CT molecular complexity index is 264. The zero-order valence-electron chi connectivity index (χ0n) is 8.69. The van der Waals surface area contributed by atoms with E-state index in [0.717, 1.165) is 30.4 Å². The molecule has 1 heterocycles. The highest BCUT2D eigenvalue weighted by molar-refractivity contribution is 7.09. The third-order valence-electron chi connectivity index (χ3n) is 1.88. The van der Waals surface area contributed by atoms with Crippen LogP contribution in [0.3, 0.4) is 0 Å². The number of hydrogen-bond donors (Lipinski definition) is 1. The van der Waals surface area contributed by atoms with Gasteiger partial charge in [0.15, 0.2) is 0 Å². The molecular weight excluding hydrogens is 198 g/mol. The minimum Gasteiger partial charge on any atom is -0.383 e. The molecule has 0 aliphatic rings. The van der Waals surface area contributed by atoms with Gasteiger partial charge < -0.3 is 10.5 Å². The standard InChI is InChI=1S/C9H17N3OS/c1-12(3-4-13-2)6-8-7-14-9(5-10)11-8/h7H,3-6,10H2,1-2H3. The molecule has 0 saturated heterocycles. The molecule has 1 aromatic heterocycles. The highest BCUT2D eigenvalue weighted by Crippen LogP contribution is 2.10. The van der Waals surface area contributed by atoms with Crippen molar-refractivity contribution in [3.05, 3.63) is 16.1 Å². The Morgan fingerprint density at radius 3 is 3.00 bits per heavy atom. The fourth-order valence-corrected chi connectivity index (χ4v) is 1.78. The summed E-state index contributed by atoms with van der Waals surface area (Å²) in [5, 5.41) is 3.06. The largest absolute Gasteiger partial charge is 0.383 e. The van der Waals surface area contributed by atoms with Crippen LogP contribution in [-0.2, 0) is 17.8 Å². The maximum absolute atomic E-state index is 5.49. The van der Waals surface area contributed by atoms with Gasteiger partial charge in [-0.3, -0.25) is 4.90 Å². The van der Waals surface area contributed by atoms with Crippen LogP contribution in [0.1, 0.15) is 10.7 Å². The molecule has 0 unspecified atom stereocenters. The fraction of sp³-hybridized carbons (Fsp3) is 0.667. The average Bonchev–Trinajstić information content (AvgIpc) is 2.62. The fourth-order valence-electron chi connectivity index (χ4n) is 1.12. The first-order valence-corrected chi connectivity index (χ1v) is 5.45. The van der Waals surface area contributed by atoms with Gasteiger partial charge in [-0.15, -0.1) is 11.3 Å². The Morgan fingerprint density at radius 1 is 1.64 bits per heavy atom. The molecule has 0 spiro atoms. The summed E-state index contributed by atoms with van der Waals surface area (Å²) in [4.78, 5) is 6.57. The van der Waals surface area contributed by atoms with E-state index in [0.29, 0.717) is 6.54 Å². The van der Waals surface area contributed by atoms with Gasteiger partial charge >= 0.3 is 0 Å². The van der Waals surface area contributed by atoms with Crippen LogP contribution in [0.4, 0.5) is 0 Å². The van der Waals surface area contributed by atoms with E-state index >= 15 is 0 Å².